The highest BCUT2D eigenvalue weighted by molar-refractivity contribution is 5.76. The van der Waals surface area contributed by atoms with E-state index in [1.54, 1.807) is 5.06 Å². The number of hydroxylamine groups is 2. The molecule has 0 spiro atoms. The summed E-state index contributed by atoms with van der Waals surface area (Å²) < 4.78 is 0. The molecule has 1 heterocycles. The van der Waals surface area contributed by atoms with Gasteiger partial charge in [-0.15, -0.1) is 5.06 Å². The molecule has 1 aliphatic heterocycles. The average molecular weight is 278 g/mol. The van der Waals surface area contributed by atoms with Crippen molar-refractivity contribution in [3.8, 4) is 0 Å². The van der Waals surface area contributed by atoms with Crippen LogP contribution in [0.5, 0.6) is 0 Å². The first-order valence-electron chi connectivity index (χ1n) is 6.62. The molecular weight excluding hydrogens is 260 g/mol. The van der Waals surface area contributed by atoms with Crippen molar-refractivity contribution in [3.05, 3.63) is 30.3 Å². The molecule has 0 saturated carbocycles. The molecule has 0 atom stereocenters. The van der Waals surface area contributed by atoms with Crippen molar-refractivity contribution in [1.82, 2.24) is 5.06 Å². The summed E-state index contributed by atoms with van der Waals surface area (Å²) >= 11 is 0. The summed E-state index contributed by atoms with van der Waals surface area (Å²) in [4.78, 5) is 29.1. The lowest BCUT2D eigenvalue weighted by Crippen LogP contribution is -2.47. The molecule has 1 aliphatic rings. The Balaban J connectivity index is 1.74. The Labute approximate surface area is 117 Å². The van der Waals surface area contributed by atoms with E-state index in [-0.39, 0.29) is 12.8 Å². The van der Waals surface area contributed by atoms with Crippen LogP contribution in [0.15, 0.2) is 30.3 Å². The highest BCUT2D eigenvalue weighted by atomic mass is 16.7. The van der Waals surface area contributed by atoms with Crippen LogP contribution in [-0.4, -0.2) is 48.3 Å². The lowest BCUT2D eigenvalue weighted by molar-refractivity contribution is -0.192. The van der Waals surface area contributed by atoms with Crippen LogP contribution in [0.3, 0.4) is 0 Å². The number of para-hydroxylation sites is 1. The summed E-state index contributed by atoms with van der Waals surface area (Å²) in [7, 11) is 0. The van der Waals surface area contributed by atoms with Crippen LogP contribution in [0.4, 0.5) is 5.69 Å². The van der Waals surface area contributed by atoms with Crippen LogP contribution in [0, 0.1) is 0 Å². The Bertz CT molecular complexity index is 456. The number of carboxylic acids is 1. The van der Waals surface area contributed by atoms with Gasteiger partial charge in [0.2, 0.25) is 0 Å². The monoisotopic (exact) mass is 278 g/mol. The summed E-state index contributed by atoms with van der Waals surface area (Å²) in [5, 5.41) is 10.1. The van der Waals surface area contributed by atoms with Crippen LogP contribution in [0.2, 0.25) is 0 Å². The Morgan fingerprint density at radius 1 is 1.05 bits per heavy atom. The molecule has 6 nitrogen and oxygen atoms in total. The van der Waals surface area contributed by atoms with Crippen molar-refractivity contribution in [3.63, 3.8) is 0 Å². The molecule has 0 radical (unpaired) electrons. The summed E-state index contributed by atoms with van der Waals surface area (Å²) in [6, 6.07) is 10.1. The molecule has 1 saturated heterocycles. The molecule has 2 rings (SSSR count). The van der Waals surface area contributed by atoms with Gasteiger partial charge in [-0.05, 0) is 12.1 Å². The van der Waals surface area contributed by atoms with Crippen molar-refractivity contribution in [2.75, 3.05) is 31.1 Å². The standard InChI is InChI=1S/C14H18N2O4/c17-13(18)6-7-14(19)20-16-10-8-15(9-11-16)12-4-2-1-3-5-12/h1-5H,6-11H2,(H,17,18). The van der Waals surface area contributed by atoms with Gasteiger partial charge in [0.25, 0.3) is 0 Å². The van der Waals surface area contributed by atoms with Crippen LogP contribution in [-0.2, 0) is 14.4 Å². The molecule has 20 heavy (non-hydrogen) atoms. The van der Waals surface area contributed by atoms with Crippen LogP contribution in [0.25, 0.3) is 0 Å². The second-order valence-electron chi connectivity index (χ2n) is 4.61. The van der Waals surface area contributed by atoms with Gasteiger partial charge in [-0.3, -0.25) is 9.59 Å². The Morgan fingerprint density at radius 3 is 2.30 bits per heavy atom. The third-order valence-corrected chi connectivity index (χ3v) is 3.13. The highest BCUT2D eigenvalue weighted by Gasteiger charge is 2.20. The molecule has 0 aromatic heterocycles. The summed E-state index contributed by atoms with van der Waals surface area (Å²) in [6.07, 6.45) is -0.281. The van der Waals surface area contributed by atoms with Gasteiger partial charge < -0.3 is 14.8 Å². The van der Waals surface area contributed by atoms with Crippen molar-refractivity contribution in [1.29, 1.82) is 0 Å². The van der Waals surface area contributed by atoms with Gasteiger partial charge in [0.15, 0.2) is 0 Å². The summed E-state index contributed by atoms with van der Waals surface area (Å²) in [5.41, 5.74) is 1.16. The van der Waals surface area contributed by atoms with Crippen molar-refractivity contribution in [2.24, 2.45) is 0 Å². The maximum atomic E-state index is 11.4. The molecule has 1 N–H and O–H groups in total. The minimum atomic E-state index is -0.990. The largest absolute Gasteiger partial charge is 0.481 e. The van der Waals surface area contributed by atoms with Crippen molar-refractivity contribution < 1.29 is 19.5 Å². The van der Waals surface area contributed by atoms with E-state index < -0.39 is 11.9 Å². The molecule has 108 valence electrons. The number of carboxylic acid groups (broad SMARTS) is 1. The second-order valence-corrected chi connectivity index (χ2v) is 4.61. The van der Waals surface area contributed by atoms with Gasteiger partial charge >= 0.3 is 11.9 Å². The molecule has 1 aromatic rings. The van der Waals surface area contributed by atoms with Gasteiger partial charge in [0.1, 0.15) is 0 Å². The summed E-state index contributed by atoms with van der Waals surface area (Å²) in [6.45, 7) is 2.79. The van der Waals surface area contributed by atoms with Gasteiger partial charge in [0.05, 0.1) is 25.9 Å². The maximum Gasteiger partial charge on any atom is 0.325 e. The number of hydrogen-bond acceptors (Lipinski definition) is 5. The van der Waals surface area contributed by atoms with Gasteiger partial charge in [0, 0.05) is 18.8 Å². The van der Waals surface area contributed by atoms with E-state index in [0.29, 0.717) is 13.1 Å². The van der Waals surface area contributed by atoms with E-state index in [9.17, 15) is 9.59 Å². The van der Waals surface area contributed by atoms with Crippen LogP contribution >= 0.6 is 0 Å². The van der Waals surface area contributed by atoms with Crippen molar-refractivity contribution >= 4 is 17.6 Å². The van der Waals surface area contributed by atoms with Gasteiger partial charge in [-0.25, -0.2) is 0 Å². The lowest BCUT2D eigenvalue weighted by Gasteiger charge is -2.34. The van der Waals surface area contributed by atoms with Crippen molar-refractivity contribution in [2.45, 2.75) is 12.8 Å². The van der Waals surface area contributed by atoms with Gasteiger partial charge in [-0.2, -0.15) is 0 Å². The third-order valence-electron chi connectivity index (χ3n) is 3.13. The van der Waals surface area contributed by atoms with E-state index in [1.165, 1.54) is 0 Å². The zero-order chi connectivity index (χ0) is 14.4. The number of rotatable bonds is 5. The number of nitrogens with zero attached hydrogens (tertiary/aromatic N) is 2. The van der Waals surface area contributed by atoms with E-state index in [4.69, 9.17) is 9.94 Å². The number of benzene rings is 1. The highest BCUT2D eigenvalue weighted by Crippen LogP contribution is 2.15. The minimum absolute atomic E-state index is 0.0891. The van der Waals surface area contributed by atoms with Crippen LogP contribution in [0.1, 0.15) is 12.8 Å². The molecule has 0 aliphatic carbocycles. The molecule has 0 amide bonds. The fourth-order valence-electron chi connectivity index (χ4n) is 2.08. The molecule has 6 heteroatoms. The Morgan fingerprint density at radius 2 is 1.70 bits per heavy atom. The fraction of sp³-hybridized carbons (Fsp3) is 0.429. The molecule has 0 bridgehead atoms. The van der Waals surface area contributed by atoms with E-state index in [2.05, 4.69) is 17.0 Å². The lowest BCUT2D eigenvalue weighted by atomic mass is 10.2. The van der Waals surface area contributed by atoms with E-state index in [0.717, 1.165) is 18.8 Å². The Hall–Kier alpha value is -2.08. The first-order valence-corrected chi connectivity index (χ1v) is 6.62. The average Bonchev–Trinajstić information content (AvgIpc) is 2.47. The van der Waals surface area contributed by atoms with Crippen LogP contribution < -0.4 is 4.90 Å². The fourth-order valence-corrected chi connectivity index (χ4v) is 2.08. The maximum absolute atomic E-state index is 11.4. The predicted molar refractivity (Wildman–Crippen MR) is 73.2 cm³/mol. The molecule has 0 unspecified atom stereocenters. The number of aliphatic carboxylic acids is 1. The molecular formula is C14H18N2O4. The molecule has 1 fully saturated rings. The quantitative estimate of drug-likeness (QED) is 0.870. The minimum Gasteiger partial charge on any atom is -0.481 e. The molecule has 1 aromatic carbocycles. The van der Waals surface area contributed by atoms with Gasteiger partial charge in [-0.1, -0.05) is 18.2 Å². The first kappa shape index (κ1) is 14.3. The smallest absolute Gasteiger partial charge is 0.325 e. The SMILES string of the molecule is O=C(O)CCC(=O)ON1CCN(c2ccccc2)CC1. The third kappa shape index (κ3) is 4.24. The predicted octanol–water partition coefficient (Wildman–Crippen LogP) is 1.13. The number of carbonyl (C=O) groups excluding carboxylic acids is 1. The first-order chi connectivity index (χ1) is 9.65. The zero-order valence-electron chi connectivity index (χ0n) is 11.2. The number of hydrogen-bond donors (Lipinski definition) is 1. The second kappa shape index (κ2) is 6.91. The normalized spacial score (nSPS) is 15.9. The Kier molecular flexibility index (Phi) is 4.95. The number of piperazine rings is 1. The van der Waals surface area contributed by atoms with E-state index >= 15 is 0 Å². The van der Waals surface area contributed by atoms with E-state index in [1.807, 2.05) is 18.2 Å². The number of carbonyl (C=O) groups is 2. The topological polar surface area (TPSA) is 70.1 Å². The number of anilines is 1. The zero-order valence-corrected chi connectivity index (χ0v) is 11.2. The summed E-state index contributed by atoms with van der Waals surface area (Å²) in [5.74, 6) is -1.48.